The van der Waals surface area contributed by atoms with Gasteiger partial charge < -0.3 is 5.32 Å². The van der Waals surface area contributed by atoms with Crippen LogP contribution >= 0.6 is 0 Å². The Bertz CT molecular complexity index is 140. The molecule has 0 aromatic rings. The Morgan fingerprint density at radius 2 is 2.20 bits per heavy atom. The van der Waals surface area contributed by atoms with Crippen molar-refractivity contribution >= 4 is 0 Å². The molecule has 2 atom stereocenters. The molecule has 0 radical (unpaired) electrons. The van der Waals surface area contributed by atoms with Crippen LogP contribution in [0.3, 0.4) is 0 Å². The smallest absolute Gasteiger partial charge is 0.0400 e. The molecule has 1 N–H and O–H groups in total. The summed E-state index contributed by atoms with van der Waals surface area (Å²) in [5, 5.41) is 3.40. The van der Waals surface area contributed by atoms with E-state index in [0.29, 0.717) is 5.54 Å². The van der Waals surface area contributed by atoms with Gasteiger partial charge in [0.25, 0.3) is 0 Å². The first-order chi connectivity index (χ1) is 4.73. The highest BCUT2D eigenvalue weighted by Gasteiger charge is 2.31. The van der Waals surface area contributed by atoms with Crippen molar-refractivity contribution in [2.45, 2.75) is 39.2 Å². The van der Waals surface area contributed by atoms with Gasteiger partial charge in [0.15, 0.2) is 0 Å². The highest BCUT2D eigenvalue weighted by atomic mass is 15.0. The zero-order valence-corrected chi connectivity index (χ0v) is 7.15. The predicted octanol–water partition coefficient (Wildman–Crippen LogP) is 2.30. The number of hydrogen-bond acceptors (Lipinski definition) is 1. The summed E-state index contributed by atoms with van der Waals surface area (Å²) in [5.74, 6) is 0.734. The summed E-state index contributed by atoms with van der Waals surface area (Å²) in [5.41, 5.74) is 0.342. The van der Waals surface area contributed by atoms with E-state index in [1.54, 1.807) is 0 Å². The molecule has 0 aliphatic carbocycles. The van der Waals surface area contributed by atoms with Crippen molar-refractivity contribution in [3.63, 3.8) is 0 Å². The van der Waals surface area contributed by atoms with E-state index >= 15 is 0 Å². The Kier molecular flexibility index (Phi) is 2.02. The van der Waals surface area contributed by atoms with Crippen LogP contribution in [-0.4, -0.2) is 5.54 Å². The second-order valence-corrected chi connectivity index (χ2v) is 3.29. The molecule has 0 saturated carbocycles. The molecule has 2 unspecified atom stereocenters. The monoisotopic (exact) mass is 139 g/mol. The summed E-state index contributed by atoms with van der Waals surface area (Å²) in [6.07, 6.45) is 6.83. The van der Waals surface area contributed by atoms with Crippen molar-refractivity contribution in [1.82, 2.24) is 5.32 Å². The van der Waals surface area contributed by atoms with Crippen molar-refractivity contribution in [3.05, 3.63) is 12.3 Å². The second-order valence-electron chi connectivity index (χ2n) is 3.29. The van der Waals surface area contributed by atoms with Crippen LogP contribution in [0.5, 0.6) is 0 Å². The Morgan fingerprint density at radius 3 is 2.60 bits per heavy atom. The van der Waals surface area contributed by atoms with E-state index in [9.17, 15) is 0 Å². The molecule has 58 valence electrons. The fraction of sp³-hybridized carbons (Fsp3) is 0.778. The molecule has 1 rings (SSSR count). The minimum atomic E-state index is 0.342. The minimum absolute atomic E-state index is 0.342. The first kappa shape index (κ1) is 7.64. The Hall–Kier alpha value is -0.460. The van der Waals surface area contributed by atoms with E-state index in [0.717, 1.165) is 5.92 Å². The van der Waals surface area contributed by atoms with Gasteiger partial charge in [-0.1, -0.05) is 19.9 Å². The lowest BCUT2D eigenvalue weighted by atomic mass is 9.84. The Morgan fingerprint density at radius 1 is 1.50 bits per heavy atom. The summed E-state index contributed by atoms with van der Waals surface area (Å²) < 4.78 is 0. The molecule has 0 aromatic carbocycles. The topological polar surface area (TPSA) is 12.0 Å². The van der Waals surface area contributed by atoms with Gasteiger partial charge in [0.2, 0.25) is 0 Å². The largest absolute Gasteiger partial charge is 0.385 e. The molecular formula is C9H17N. The summed E-state index contributed by atoms with van der Waals surface area (Å²) in [7, 11) is 0. The molecule has 10 heavy (non-hydrogen) atoms. The van der Waals surface area contributed by atoms with Gasteiger partial charge in [0.05, 0.1) is 0 Å². The fourth-order valence-corrected chi connectivity index (χ4v) is 1.62. The van der Waals surface area contributed by atoms with Gasteiger partial charge in [-0.2, -0.15) is 0 Å². The standard InChI is InChI=1S/C9H17N/c1-4-8-6-7-10-9(8,3)5-2/h6-8,10H,4-5H2,1-3H3. The fourth-order valence-electron chi connectivity index (χ4n) is 1.62. The van der Waals surface area contributed by atoms with Gasteiger partial charge >= 0.3 is 0 Å². The molecule has 0 aromatic heterocycles. The number of nitrogens with one attached hydrogen (secondary N) is 1. The van der Waals surface area contributed by atoms with Crippen LogP contribution in [-0.2, 0) is 0 Å². The van der Waals surface area contributed by atoms with Crippen molar-refractivity contribution in [2.24, 2.45) is 5.92 Å². The maximum absolute atomic E-state index is 3.40. The normalized spacial score (nSPS) is 38.1. The third-order valence-corrected chi connectivity index (χ3v) is 2.73. The van der Waals surface area contributed by atoms with E-state index in [1.165, 1.54) is 12.8 Å². The SMILES string of the molecule is CCC1C=CNC1(C)CC. The lowest BCUT2D eigenvalue weighted by molar-refractivity contribution is 0.308. The molecule has 1 aliphatic rings. The molecule has 1 aliphatic heterocycles. The third kappa shape index (κ3) is 1.05. The molecular weight excluding hydrogens is 122 g/mol. The summed E-state index contributed by atoms with van der Waals surface area (Å²) in [6.45, 7) is 6.78. The summed E-state index contributed by atoms with van der Waals surface area (Å²) in [4.78, 5) is 0. The van der Waals surface area contributed by atoms with E-state index < -0.39 is 0 Å². The van der Waals surface area contributed by atoms with Crippen LogP contribution < -0.4 is 5.32 Å². The van der Waals surface area contributed by atoms with Crippen LogP contribution in [0.25, 0.3) is 0 Å². The zero-order valence-electron chi connectivity index (χ0n) is 7.15. The maximum atomic E-state index is 3.40. The molecule has 1 nitrogen and oxygen atoms in total. The highest BCUT2D eigenvalue weighted by molar-refractivity contribution is 5.09. The van der Waals surface area contributed by atoms with E-state index in [2.05, 4.69) is 38.4 Å². The van der Waals surface area contributed by atoms with Gasteiger partial charge in [-0.25, -0.2) is 0 Å². The lowest BCUT2D eigenvalue weighted by Crippen LogP contribution is -2.40. The average molecular weight is 139 g/mol. The van der Waals surface area contributed by atoms with Crippen LogP contribution in [0.4, 0.5) is 0 Å². The van der Waals surface area contributed by atoms with Crippen LogP contribution in [0.1, 0.15) is 33.6 Å². The first-order valence-corrected chi connectivity index (χ1v) is 4.17. The van der Waals surface area contributed by atoms with Crippen LogP contribution in [0.15, 0.2) is 12.3 Å². The average Bonchev–Trinajstić information content (AvgIpc) is 2.32. The van der Waals surface area contributed by atoms with Gasteiger partial charge in [-0.3, -0.25) is 0 Å². The maximum Gasteiger partial charge on any atom is 0.0400 e. The van der Waals surface area contributed by atoms with Gasteiger partial charge in [0, 0.05) is 11.5 Å². The minimum Gasteiger partial charge on any atom is -0.385 e. The molecule has 0 bridgehead atoms. The zero-order chi connectivity index (χ0) is 7.61. The second kappa shape index (κ2) is 2.65. The van der Waals surface area contributed by atoms with Gasteiger partial charge in [-0.15, -0.1) is 0 Å². The Balaban J connectivity index is 2.62. The molecule has 0 fully saturated rings. The van der Waals surface area contributed by atoms with E-state index in [1.807, 2.05) is 0 Å². The molecule has 1 heterocycles. The third-order valence-electron chi connectivity index (χ3n) is 2.73. The van der Waals surface area contributed by atoms with Crippen molar-refractivity contribution in [2.75, 3.05) is 0 Å². The first-order valence-electron chi connectivity index (χ1n) is 4.17. The molecule has 1 heteroatoms. The summed E-state index contributed by atoms with van der Waals surface area (Å²) >= 11 is 0. The van der Waals surface area contributed by atoms with E-state index in [4.69, 9.17) is 0 Å². The van der Waals surface area contributed by atoms with Crippen molar-refractivity contribution in [3.8, 4) is 0 Å². The van der Waals surface area contributed by atoms with Crippen molar-refractivity contribution in [1.29, 1.82) is 0 Å². The van der Waals surface area contributed by atoms with Crippen LogP contribution in [0, 0.1) is 5.92 Å². The molecule has 0 saturated heterocycles. The van der Waals surface area contributed by atoms with Crippen LogP contribution in [0.2, 0.25) is 0 Å². The summed E-state index contributed by atoms with van der Waals surface area (Å²) in [6, 6.07) is 0. The quantitative estimate of drug-likeness (QED) is 0.619. The van der Waals surface area contributed by atoms with Gasteiger partial charge in [0.1, 0.15) is 0 Å². The Labute approximate surface area is 63.5 Å². The number of rotatable bonds is 2. The van der Waals surface area contributed by atoms with Crippen molar-refractivity contribution < 1.29 is 0 Å². The lowest BCUT2D eigenvalue weighted by Gasteiger charge is -2.30. The predicted molar refractivity (Wildman–Crippen MR) is 44.8 cm³/mol. The number of hydrogen-bond donors (Lipinski definition) is 1. The van der Waals surface area contributed by atoms with E-state index in [-0.39, 0.29) is 0 Å². The molecule has 0 spiro atoms. The highest BCUT2D eigenvalue weighted by Crippen LogP contribution is 2.28. The van der Waals surface area contributed by atoms with Gasteiger partial charge in [-0.05, 0) is 26.0 Å². The molecule has 0 amide bonds.